The summed E-state index contributed by atoms with van der Waals surface area (Å²) in [7, 11) is 1.24. The third-order valence-electron chi connectivity index (χ3n) is 2.45. The zero-order chi connectivity index (χ0) is 12.6. The molecule has 7 nitrogen and oxygen atoms in total. The van der Waals surface area contributed by atoms with E-state index < -0.39 is 10.9 Å². The van der Waals surface area contributed by atoms with Crippen LogP contribution >= 0.6 is 0 Å². The first kappa shape index (κ1) is 11.1. The number of fused-ring (bicyclic) bond motifs is 1. The molecule has 88 valence electrons. The maximum atomic E-state index is 11.3. The number of aryl methyl sites for hydroxylation is 1. The van der Waals surface area contributed by atoms with Crippen LogP contribution in [0.25, 0.3) is 11.0 Å². The highest BCUT2D eigenvalue weighted by atomic mass is 16.6. The molecule has 2 aromatic rings. The van der Waals surface area contributed by atoms with Gasteiger partial charge in [-0.2, -0.15) is 0 Å². The molecule has 1 N–H and O–H groups in total. The number of methoxy groups -OCH3 is 1. The van der Waals surface area contributed by atoms with Crippen LogP contribution in [0, 0.1) is 17.0 Å². The quantitative estimate of drug-likeness (QED) is 0.484. The van der Waals surface area contributed by atoms with Gasteiger partial charge in [0.15, 0.2) is 0 Å². The lowest BCUT2D eigenvalue weighted by Crippen LogP contribution is -2.02. The molecule has 0 bridgehead atoms. The molecule has 0 aliphatic rings. The zero-order valence-electron chi connectivity index (χ0n) is 9.18. The molecule has 7 heteroatoms. The zero-order valence-corrected chi connectivity index (χ0v) is 9.18. The Balaban J connectivity index is 2.66. The number of nitro benzene ring substituents is 1. The molecule has 0 spiro atoms. The number of carbonyl (C=O) groups is 1. The predicted molar refractivity (Wildman–Crippen MR) is 58.8 cm³/mol. The molecule has 0 aliphatic carbocycles. The van der Waals surface area contributed by atoms with Crippen molar-refractivity contribution in [3.63, 3.8) is 0 Å². The van der Waals surface area contributed by atoms with Crippen molar-refractivity contribution in [2.45, 2.75) is 6.92 Å². The van der Waals surface area contributed by atoms with Crippen molar-refractivity contribution in [1.29, 1.82) is 0 Å². The topological polar surface area (TPSA) is 98.1 Å². The van der Waals surface area contributed by atoms with Gasteiger partial charge in [0.25, 0.3) is 5.69 Å². The van der Waals surface area contributed by atoms with E-state index in [-0.39, 0.29) is 11.5 Å². The molecule has 0 saturated carbocycles. The summed E-state index contributed by atoms with van der Waals surface area (Å²) >= 11 is 0. The highest BCUT2D eigenvalue weighted by Gasteiger charge is 2.18. The molecule has 0 atom stereocenters. The molecule has 0 radical (unpaired) electrons. The van der Waals surface area contributed by atoms with Crippen molar-refractivity contribution >= 4 is 22.7 Å². The first-order chi connectivity index (χ1) is 8.04. The van der Waals surface area contributed by atoms with Crippen LogP contribution in [0.3, 0.4) is 0 Å². The van der Waals surface area contributed by atoms with Gasteiger partial charge in [-0.25, -0.2) is 9.78 Å². The normalized spacial score (nSPS) is 10.5. The Labute approximate surface area is 95.6 Å². The van der Waals surface area contributed by atoms with Gasteiger partial charge in [0.2, 0.25) is 5.82 Å². The summed E-state index contributed by atoms with van der Waals surface area (Å²) in [6, 6.07) is 2.89. The number of esters is 1. The fraction of sp³-hybridized carbons (Fsp3) is 0.200. The Morgan fingerprint density at radius 3 is 2.82 bits per heavy atom. The van der Waals surface area contributed by atoms with E-state index >= 15 is 0 Å². The van der Waals surface area contributed by atoms with Gasteiger partial charge in [0, 0.05) is 6.07 Å². The largest absolute Gasteiger partial charge is 0.463 e. The molecule has 0 unspecified atom stereocenters. The molecule has 17 heavy (non-hydrogen) atoms. The number of carbonyl (C=O) groups excluding carboxylic acids is 1. The van der Waals surface area contributed by atoms with Gasteiger partial charge in [-0.05, 0) is 13.0 Å². The van der Waals surface area contributed by atoms with Crippen molar-refractivity contribution in [1.82, 2.24) is 9.97 Å². The highest BCUT2D eigenvalue weighted by Crippen LogP contribution is 2.25. The van der Waals surface area contributed by atoms with Gasteiger partial charge >= 0.3 is 5.97 Å². The van der Waals surface area contributed by atoms with Crippen LogP contribution in [-0.4, -0.2) is 28.0 Å². The van der Waals surface area contributed by atoms with Crippen molar-refractivity contribution in [2.24, 2.45) is 0 Å². The molecule has 1 aromatic heterocycles. The highest BCUT2D eigenvalue weighted by molar-refractivity contribution is 5.92. The molecule has 0 amide bonds. The van der Waals surface area contributed by atoms with E-state index in [1.165, 1.54) is 19.2 Å². The number of nitro groups is 1. The van der Waals surface area contributed by atoms with Crippen LogP contribution in [0.1, 0.15) is 16.2 Å². The number of aromatic nitrogens is 2. The van der Waals surface area contributed by atoms with Gasteiger partial charge in [0.1, 0.15) is 0 Å². The number of ether oxygens (including phenoxy) is 1. The SMILES string of the molecule is COC(=O)c1nc2c(C)c([N+](=O)[O-])ccc2[nH]1. The molecule has 2 rings (SSSR count). The summed E-state index contributed by atoms with van der Waals surface area (Å²) in [5, 5.41) is 10.7. The van der Waals surface area contributed by atoms with E-state index in [9.17, 15) is 14.9 Å². The number of benzene rings is 1. The van der Waals surface area contributed by atoms with E-state index in [0.29, 0.717) is 16.6 Å². The minimum Gasteiger partial charge on any atom is -0.463 e. The van der Waals surface area contributed by atoms with Gasteiger partial charge in [-0.3, -0.25) is 10.1 Å². The first-order valence-electron chi connectivity index (χ1n) is 4.76. The lowest BCUT2D eigenvalue weighted by Gasteiger charge is -1.96. The number of H-pyrrole nitrogens is 1. The van der Waals surface area contributed by atoms with Crippen molar-refractivity contribution in [3.05, 3.63) is 33.6 Å². The van der Waals surface area contributed by atoms with Gasteiger partial charge in [-0.15, -0.1) is 0 Å². The van der Waals surface area contributed by atoms with Crippen LogP contribution < -0.4 is 0 Å². The maximum Gasteiger partial charge on any atom is 0.374 e. The molecular weight excluding hydrogens is 226 g/mol. The first-order valence-corrected chi connectivity index (χ1v) is 4.76. The fourth-order valence-electron chi connectivity index (χ4n) is 1.59. The molecule has 1 aromatic carbocycles. The maximum absolute atomic E-state index is 11.3. The number of rotatable bonds is 2. The van der Waals surface area contributed by atoms with E-state index in [4.69, 9.17) is 0 Å². The Bertz CT molecular complexity index is 617. The van der Waals surface area contributed by atoms with E-state index in [2.05, 4.69) is 14.7 Å². The smallest absolute Gasteiger partial charge is 0.374 e. The monoisotopic (exact) mass is 235 g/mol. The molecule has 0 saturated heterocycles. The Kier molecular flexibility index (Phi) is 2.51. The summed E-state index contributed by atoms with van der Waals surface area (Å²) in [6.45, 7) is 1.59. The average Bonchev–Trinajstić information content (AvgIpc) is 2.72. The van der Waals surface area contributed by atoms with Crippen LogP contribution in [-0.2, 0) is 4.74 Å². The minimum absolute atomic E-state index is 0.0274. The van der Waals surface area contributed by atoms with Crippen LogP contribution in [0.2, 0.25) is 0 Å². The second-order valence-electron chi connectivity index (χ2n) is 3.44. The van der Waals surface area contributed by atoms with E-state index in [1.54, 1.807) is 6.92 Å². The molecule has 1 heterocycles. The Morgan fingerprint density at radius 1 is 1.53 bits per heavy atom. The summed E-state index contributed by atoms with van der Waals surface area (Å²) in [6.07, 6.45) is 0. The lowest BCUT2D eigenvalue weighted by atomic mass is 10.1. The van der Waals surface area contributed by atoms with Crippen LogP contribution in [0.4, 0.5) is 5.69 Å². The van der Waals surface area contributed by atoms with Gasteiger partial charge in [-0.1, -0.05) is 0 Å². The number of nitrogens with one attached hydrogen (secondary N) is 1. The number of nitrogens with zero attached hydrogens (tertiary/aromatic N) is 2. The number of aromatic amines is 1. The van der Waals surface area contributed by atoms with Crippen LogP contribution in [0.15, 0.2) is 12.1 Å². The van der Waals surface area contributed by atoms with Crippen molar-refractivity contribution < 1.29 is 14.5 Å². The Hall–Kier alpha value is -2.44. The summed E-state index contributed by atoms with van der Waals surface area (Å²) in [5.74, 6) is -0.575. The molecule has 0 fully saturated rings. The second kappa shape index (κ2) is 3.85. The minimum atomic E-state index is -0.608. The standard InChI is InChI=1S/C10H9N3O4/c1-5-7(13(15)16)4-3-6-8(5)12-9(11-6)10(14)17-2/h3-4H,1-2H3,(H,11,12). The van der Waals surface area contributed by atoms with Crippen LogP contribution in [0.5, 0.6) is 0 Å². The van der Waals surface area contributed by atoms with Gasteiger partial charge in [0.05, 0.1) is 28.6 Å². The summed E-state index contributed by atoms with van der Waals surface area (Å²) in [5.41, 5.74) is 1.35. The van der Waals surface area contributed by atoms with E-state index in [1.807, 2.05) is 0 Å². The fourth-order valence-corrected chi connectivity index (χ4v) is 1.59. The third kappa shape index (κ3) is 1.71. The van der Waals surface area contributed by atoms with Gasteiger partial charge < -0.3 is 9.72 Å². The molecule has 0 aliphatic heterocycles. The summed E-state index contributed by atoms with van der Waals surface area (Å²) < 4.78 is 4.52. The summed E-state index contributed by atoms with van der Waals surface area (Å²) in [4.78, 5) is 28.3. The number of hydrogen-bond acceptors (Lipinski definition) is 5. The number of hydrogen-bond donors (Lipinski definition) is 1. The molecular formula is C10H9N3O4. The van der Waals surface area contributed by atoms with E-state index in [0.717, 1.165) is 0 Å². The predicted octanol–water partition coefficient (Wildman–Crippen LogP) is 1.57. The Morgan fingerprint density at radius 2 is 2.24 bits per heavy atom. The second-order valence-corrected chi connectivity index (χ2v) is 3.44. The third-order valence-corrected chi connectivity index (χ3v) is 2.45. The van der Waals surface area contributed by atoms with Crippen molar-refractivity contribution in [3.8, 4) is 0 Å². The average molecular weight is 235 g/mol. The lowest BCUT2D eigenvalue weighted by molar-refractivity contribution is -0.385. The van der Waals surface area contributed by atoms with Crippen molar-refractivity contribution in [2.75, 3.05) is 7.11 Å². The number of imidazole rings is 1.